The predicted molar refractivity (Wildman–Crippen MR) is 103 cm³/mol. The highest BCUT2D eigenvalue weighted by Crippen LogP contribution is 2.31. The van der Waals surface area contributed by atoms with Crippen LogP contribution in [0, 0.1) is 17.2 Å². The molecular formula is C20H25N5O2. The van der Waals surface area contributed by atoms with E-state index >= 15 is 0 Å². The molecule has 1 aromatic heterocycles. The van der Waals surface area contributed by atoms with Gasteiger partial charge in [0.15, 0.2) is 0 Å². The first-order valence-electron chi connectivity index (χ1n) is 9.14. The number of hydrogen-bond acceptors (Lipinski definition) is 6. The average Bonchev–Trinajstić information content (AvgIpc) is 2.58. The van der Waals surface area contributed by atoms with Crippen molar-refractivity contribution in [2.75, 3.05) is 18.0 Å². The number of carbonyl (C=O) groups is 1. The van der Waals surface area contributed by atoms with Crippen LogP contribution in [0.25, 0.3) is 10.9 Å². The smallest absolute Gasteiger partial charge is 0.407 e. The fourth-order valence-electron chi connectivity index (χ4n) is 3.56. The van der Waals surface area contributed by atoms with Crippen molar-refractivity contribution in [1.29, 1.82) is 5.26 Å². The van der Waals surface area contributed by atoms with E-state index < -0.39 is 11.7 Å². The fourth-order valence-corrected chi connectivity index (χ4v) is 3.56. The summed E-state index contributed by atoms with van der Waals surface area (Å²) < 4.78 is 5.39. The molecule has 2 aromatic rings. The molecule has 7 heteroatoms. The van der Waals surface area contributed by atoms with E-state index in [1.807, 2.05) is 26.8 Å². The Morgan fingerprint density at radius 3 is 2.85 bits per heavy atom. The third-order valence-corrected chi connectivity index (χ3v) is 4.49. The highest BCUT2D eigenvalue weighted by molar-refractivity contribution is 5.94. The van der Waals surface area contributed by atoms with E-state index in [4.69, 9.17) is 4.74 Å². The minimum Gasteiger partial charge on any atom is -0.444 e. The molecule has 2 atom stereocenters. The Morgan fingerprint density at radius 1 is 1.37 bits per heavy atom. The highest BCUT2D eigenvalue weighted by Gasteiger charge is 2.28. The zero-order valence-corrected chi connectivity index (χ0v) is 16.2. The molecule has 0 bridgehead atoms. The molecule has 142 valence electrons. The van der Waals surface area contributed by atoms with E-state index in [0.29, 0.717) is 23.5 Å². The molecule has 1 aromatic carbocycles. The summed E-state index contributed by atoms with van der Waals surface area (Å²) in [4.78, 5) is 22.8. The topological polar surface area (TPSA) is 91.1 Å². The number of hydrogen-bond donors (Lipinski definition) is 1. The first kappa shape index (κ1) is 18.9. The molecule has 3 rings (SSSR count). The van der Waals surface area contributed by atoms with Crippen molar-refractivity contribution >= 4 is 22.7 Å². The van der Waals surface area contributed by atoms with Gasteiger partial charge in [-0.2, -0.15) is 5.26 Å². The summed E-state index contributed by atoms with van der Waals surface area (Å²) in [6.07, 6.45) is 3.70. The molecule has 1 saturated heterocycles. The number of ether oxygens (including phenoxy) is 1. The van der Waals surface area contributed by atoms with Crippen LogP contribution in [0.2, 0.25) is 0 Å². The number of carbonyl (C=O) groups excluding carboxylic acids is 1. The zero-order valence-electron chi connectivity index (χ0n) is 16.2. The van der Waals surface area contributed by atoms with Crippen molar-refractivity contribution in [2.24, 2.45) is 5.92 Å². The number of nitrogens with one attached hydrogen (secondary N) is 1. The van der Waals surface area contributed by atoms with Crippen LogP contribution in [0.15, 0.2) is 24.7 Å². The van der Waals surface area contributed by atoms with E-state index in [-0.39, 0.29) is 6.04 Å². The third-order valence-electron chi connectivity index (χ3n) is 4.49. The molecule has 1 fully saturated rings. The molecule has 2 unspecified atom stereocenters. The number of amides is 1. The van der Waals surface area contributed by atoms with Gasteiger partial charge >= 0.3 is 6.09 Å². The first-order valence-corrected chi connectivity index (χ1v) is 9.14. The fraction of sp³-hybridized carbons (Fsp3) is 0.500. The van der Waals surface area contributed by atoms with Crippen LogP contribution in [0.4, 0.5) is 10.5 Å². The van der Waals surface area contributed by atoms with Crippen molar-refractivity contribution in [3.8, 4) is 6.07 Å². The van der Waals surface area contributed by atoms with E-state index in [0.717, 1.165) is 24.0 Å². The van der Waals surface area contributed by atoms with Crippen molar-refractivity contribution in [2.45, 2.75) is 45.8 Å². The molecular weight excluding hydrogens is 342 g/mol. The largest absolute Gasteiger partial charge is 0.444 e. The zero-order chi connectivity index (χ0) is 19.6. The maximum Gasteiger partial charge on any atom is 0.407 e. The lowest BCUT2D eigenvalue weighted by molar-refractivity contribution is 0.0495. The van der Waals surface area contributed by atoms with Gasteiger partial charge in [0.2, 0.25) is 0 Å². The molecule has 0 spiro atoms. The van der Waals surface area contributed by atoms with Crippen LogP contribution in [-0.2, 0) is 4.74 Å². The summed E-state index contributed by atoms with van der Waals surface area (Å²) in [5.41, 5.74) is 1.64. The Kier molecular flexibility index (Phi) is 5.17. The number of piperidine rings is 1. The number of alkyl carbamates (subject to hydrolysis) is 1. The number of anilines is 1. The first-order chi connectivity index (χ1) is 12.8. The number of nitrogens with zero attached hydrogens (tertiary/aromatic N) is 4. The van der Waals surface area contributed by atoms with Crippen molar-refractivity contribution in [3.63, 3.8) is 0 Å². The second kappa shape index (κ2) is 7.39. The molecule has 1 aliphatic heterocycles. The van der Waals surface area contributed by atoms with Gasteiger partial charge in [-0.05, 0) is 45.2 Å². The quantitative estimate of drug-likeness (QED) is 0.876. The van der Waals surface area contributed by atoms with E-state index in [9.17, 15) is 10.1 Å². The summed E-state index contributed by atoms with van der Waals surface area (Å²) in [6.45, 7) is 9.25. The summed E-state index contributed by atoms with van der Waals surface area (Å²) >= 11 is 0. The Bertz CT molecular complexity index is 884. The molecule has 0 aliphatic carbocycles. The highest BCUT2D eigenvalue weighted by atomic mass is 16.6. The van der Waals surface area contributed by atoms with Gasteiger partial charge in [-0.25, -0.2) is 14.8 Å². The van der Waals surface area contributed by atoms with Gasteiger partial charge in [0.25, 0.3) is 0 Å². The number of rotatable bonds is 2. The van der Waals surface area contributed by atoms with Gasteiger partial charge in [-0.15, -0.1) is 0 Å². The molecule has 27 heavy (non-hydrogen) atoms. The third kappa shape index (κ3) is 4.45. The average molecular weight is 367 g/mol. The van der Waals surface area contributed by atoms with Crippen LogP contribution in [0.5, 0.6) is 0 Å². The van der Waals surface area contributed by atoms with E-state index in [1.54, 1.807) is 12.3 Å². The number of fused-ring (bicyclic) bond motifs is 1. The maximum absolute atomic E-state index is 12.2. The van der Waals surface area contributed by atoms with E-state index in [1.165, 1.54) is 6.33 Å². The van der Waals surface area contributed by atoms with Crippen LogP contribution in [0.1, 0.15) is 39.7 Å². The van der Waals surface area contributed by atoms with Crippen LogP contribution in [-0.4, -0.2) is 40.8 Å². The summed E-state index contributed by atoms with van der Waals surface area (Å²) in [5.74, 6) is 0.397. The molecule has 2 heterocycles. The van der Waals surface area contributed by atoms with Crippen LogP contribution >= 0.6 is 0 Å². The molecule has 0 saturated carbocycles. The number of benzene rings is 1. The molecule has 1 N–H and O–H groups in total. The van der Waals surface area contributed by atoms with Crippen LogP contribution in [0.3, 0.4) is 0 Å². The minimum atomic E-state index is -0.523. The van der Waals surface area contributed by atoms with Gasteiger partial charge in [-0.1, -0.05) is 6.92 Å². The maximum atomic E-state index is 12.2. The van der Waals surface area contributed by atoms with Gasteiger partial charge in [0, 0.05) is 36.4 Å². The lowest BCUT2D eigenvalue weighted by Crippen LogP contribution is -2.51. The summed E-state index contributed by atoms with van der Waals surface area (Å²) in [7, 11) is 0. The Balaban J connectivity index is 1.84. The SMILES string of the molecule is CC1CC(NC(=O)OC(C)(C)C)CN(c2ccc(C#N)c3ncncc23)C1. The van der Waals surface area contributed by atoms with Crippen molar-refractivity contribution < 1.29 is 9.53 Å². The van der Waals surface area contributed by atoms with Gasteiger partial charge in [-0.3, -0.25) is 0 Å². The van der Waals surface area contributed by atoms with E-state index in [2.05, 4.69) is 33.2 Å². The Labute approximate surface area is 159 Å². The molecule has 1 amide bonds. The molecule has 0 radical (unpaired) electrons. The van der Waals surface area contributed by atoms with Gasteiger partial charge in [0.1, 0.15) is 18.0 Å². The second-order valence-electron chi connectivity index (χ2n) is 8.12. The lowest BCUT2D eigenvalue weighted by atomic mass is 9.95. The number of nitriles is 1. The predicted octanol–water partition coefficient (Wildman–Crippen LogP) is 3.24. The standard InChI is InChI=1S/C20H25N5O2/c1-13-7-15(24-19(26)27-20(2,3)4)11-25(10-13)17-6-5-14(8-21)18-16(17)9-22-12-23-18/h5-6,9,12-13,15H,7,10-11H2,1-4H3,(H,24,26). The molecule has 1 aliphatic rings. The Morgan fingerprint density at radius 2 is 2.15 bits per heavy atom. The normalized spacial score (nSPS) is 20.2. The summed E-state index contributed by atoms with van der Waals surface area (Å²) in [5, 5.41) is 13.2. The number of aromatic nitrogens is 2. The lowest BCUT2D eigenvalue weighted by Gasteiger charge is -2.38. The van der Waals surface area contributed by atoms with Crippen molar-refractivity contribution in [1.82, 2.24) is 15.3 Å². The Hall–Kier alpha value is -2.88. The second-order valence-corrected chi connectivity index (χ2v) is 8.12. The minimum absolute atomic E-state index is 0.0149. The summed E-state index contributed by atoms with van der Waals surface area (Å²) in [6, 6.07) is 5.90. The molecule has 7 nitrogen and oxygen atoms in total. The van der Waals surface area contributed by atoms with Crippen LogP contribution < -0.4 is 10.2 Å². The van der Waals surface area contributed by atoms with Gasteiger partial charge < -0.3 is 15.0 Å². The monoisotopic (exact) mass is 367 g/mol. The van der Waals surface area contributed by atoms with Crippen molar-refractivity contribution in [3.05, 3.63) is 30.2 Å². The van der Waals surface area contributed by atoms with Gasteiger partial charge in [0.05, 0.1) is 11.1 Å².